The van der Waals surface area contributed by atoms with Gasteiger partial charge in [-0.1, -0.05) is 11.6 Å². The van der Waals surface area contributed by atoms with E-state index in [0.29, 0.717) is 6.10 Å². The Bertz CT molecular complexity index is 144. The third-order valence-electron chi connectivity index (χ3n) is 2.11. The minimum atomic E-state index is 0.488. The largest absolute Gasteiger partial charge is 0.374 e. The van der Waals surface area contributed by atoms with Crippen molar-refractivity contribution in [1.29, 1.82) is 0 Å². The van der Waals surface area contributed by atoms with Crippen molar-refractivity contribution in [2.45, 2.75) is 32.8 Å². The molecule has 1 aliphatic rings. The molecule has 0 atom stereocenters. The summed E-state index contributed by atoms with van der Waals surface area (Å²) < 4.78 is 5.68. The SMILES string of the molecule is CC(C)=CCOC1CCNCC1. The molecule has 1 saturated heterocycles. The lowest BCUT2D eigenvalue weighted by molar-refractivity contribution is 0.0513. The van der Waals surface area contributed by atoms with Crippen LogP contribution in [0.3, 0.4) is 0 Å². The van der Waals surface area contributed by atoms with Gasteiger partial charge in [-0.05, 0) is 39.8 Å². The first-order chi connectivity index (χ1) is 5.79. The molecule has 0 spiro atoms. The number of allylic oxidation sites excluding steroid dienone is 1. The van der Waals surface area contributed by atoms with Crippen molar-refractivity contribution >= 4 is 0 Å². The van der Waals surface area contributed by atoms with Crippen molar-refractivity contribution in [3.05, 3.63) is 11.6 Å². The summed E-state index contributed by atoms with van der Waals surface area (Å²) in [5.41, 5.74) is 1.34. The van der Waals surface area contributed by atoms with Crippen molar-refractivity contribution in [3.8, 4) is 0 Å². The topological polar surface area (TPSA) is 21.3 Å². The van der Waals surface area contributed by atoms with E-state index < -0.39 is 0 Å². The van der Waals surface area contributed by atoms with Gasteiger partial charge in [0, 0.05) is 0 Å². The van der Waals surface area contributed by atoms with Gasteiger partial charge in [-0.25, -0.2) is 0 Å². The molecule has 12 heavy (non-hydrogen) atoms. The number of piperidine rings is 1. The molecule has 0 unspecified atom stereocenters. The monoisotopic (exact) mass is 169 g/mol. The molecular formula is C10H19NO. The lowest BCUT2D eigenvalue weighted by Gasteiger charge is -2.22. The van der Waals surface area contributed by atoms with Gasteiger partial charge < -0.3 is 10.1 Å². The summed E-state index contributed by atoms with van der Waals surface area (Å²) in [4.78, 5) is 0. The molecule has 1 aliphatic heterocycles. The van der Waals surface area contributed by atoms with Crippen molar-refractivity contribution in [1.82, 2.24) is 5.32 Å². The van der Waals surface area contributed by atoms with Crippen LogP contribution in [-0.4, -0.2) is 25.8 Å². The maximum atomic E-state index is 5.68. The number of ether oxygens (including phenoxy) is 1. The minimum absolute atomic E-state index is 0.488. The van der Waals surface area contributed by atoms with Crippen molar-refractivity contribution in [3.63, 3.8) is 0 Å². The normalized spacial score (nSPS) is 19.2. The van der Waals surface area contributed by atoms with Gasteiger partial charge in [0.15, 0.2) is 0 Å². The van der Waals surface area contributed by atoms with E-state index >= 15 is 0 Å². The van der Waals surface area contributed by atoms with E-state index in [4.69, 9.17) is 4.74 Å². The first-order valence-electron chi connectivity index (χ1n) is 4.74. The molecule has 2 nitrogen and oxygen atoms in total. The molecule has 0 radical (unpaired) electrons. The van der Waals surface area contributed by atoms with Gasteiger partial charge in [0.05, 0.1) is 12.7 Å². The fourth-order valence-electron chi connectivity index (χ4n) is 1.31. The molecule has 70 valence electrons. The molecule has 1 heterocycles. The Balaban J connectivity index is 2.09. The first kappa shape index (κ1) is 9.75. The molecule has 1 N–H and O–H groups in total. The zero-order chi connectivity index (χ0) is 8.81. The molecule has 0 saturated carbocycles. The smallest absolute Gasteiger partial charge is 0.0653 e. The number of hydrogen-bond acceptors (Lipinski definition) is 2. The number of hydrogen-bond donors (Lipinski definition) is 1. The quantitative estimate of drug-likeness (QED) is 0.649. The highest BCUT2D eigenvalue weighted by atomic mass is 16.5. The van der Waals surface area contributed by atoms with Gasteiger partial charge in [0.25, 0.3) is 0 Å². The molecule has 0 amide bonds. The lowest BCUT2D eigenvalue weighted by atomic mass is 10.1. The van der Waals surface area contributed by atoms with Crippen molar-refractivity contribution < 1.29 is 4.74 Å². The van der Waals surface area contributed by atoms with Gasteiger partial charge in [-0.3, -0.25) is 0 Å². The van der Waals surface area contributed by atoms with Crippen LogP contribution in [0.2, 0.25) is 0 Å². The lowest BCUT2D eigenvalue weighted by Crippen LogP contribution is -2.32. The van der Waals surface area contributed by atoms with Crippen molar-refractivity contribution in [2.24, 2.45) is 0 Å². The number of nitrogens with one attached hydrogen (secondary N) is 1. The Labute approximate surface area is 75.0 Å². The summed E-state index contributed by atoms with van der Waals surface area (Å²) in [6, 6.07) is 0. The fourth-order valence-corrected chi connectivity index (χ4v) is 1.31. The summed E-state index contributed by atoms with van der Waals surface area (Å²) in [6.45, 7) is 7.21. The Morgan fingerprint density at radius 1 is 1.42 bits per heavy atom. The Kier molecular flexibility index (Phi) is 4.33. The average molecular weight is 169 g/mol. The van der Waals surface area contributed by atoms with E-state index in [0.717, 1.165) is 32.5 Å². The first-order valence-corrected chi connectivity index (χ1v) is 4.74. The average Bonchev–Trinajstić information content (AvgIpc) is 2.05. The summed E-state index contributed by atoms with van der Waals surface area (Å²) in [6.07, 6.45) is 4.96. The van der Waals surface area contributed by atoms with E-state index in [2.05, 4.69) is 25.2 Å². The van der Waals surface area contributed by atoms with Gasteiger partial charge in [0.1, 0.15) is 0 Å². The molecule has 1 rings (SSSR count). The highest BCUT2D eigenvalue weighted by molar-refractivity contribution is 4.93. The van der Waals surface area contributed by atoms with Gasteiger partial charge in [-0.2, -0.15) is 0 Å². The second kappa shape index (κ2) is 5.33. The molecule has 0 aliphatic carbocycles. The maximum Gasteiger partial charge on any atom is 0.0653 e. The predicted molar refractivity (Wildman–Crippen MR) is 51.3 cm³/mol. The molecule has 2 heteroatoms. The van der Waals surface area contributed by atoms with Crippen LogP contribution >= 0.6 is 0 Å². The molecule has 0 aromatic heterocycles. The van der Waals surface area contributed by atoms with Crippen LogP contribution in [0, 0.1) is 0 Å². The van der Waals surface area contributed by atoms with Crippen LogP contribution < -0.4 is 5.32 Å². The Morgan fingerprint density at radius 3 is 2.67 bits per heavy atom. The standard InChI is InChI=1S/C10H19NO/c1-9(2)5-8-12-10-3-6-11-7-4-10/h5,10-11H,3-4,6-8H2,1-2H3. The maximum absolute atomic E-state index is 5.68. The third kappa shape index (κ3) is 3.88. The predicted octanol–water partition coefficient (Wildman–Crippen LogP) is 1.72. The summed E-state index contributed by atoms with van der Waals surface area (Å²) in [5.74, 6) is 0. The molecular weight excluding hydrogens is 150 g/mol. The highest BCUT2D eigenvalue weighted by Gasteiger charge is 2.11. The van der Waals surface area contributed by atoms with E-state index in [-0.39, 0.29) is 0 Å². The third-order valence-corrected chi connectivity index (χ3v) is 2.11. The molecule has 0 bridgehead atoms. The van der Waals surface area contributed by atoms with E-state index in [1.807, 2.05) is 0 Å². The molecule has 1 fully saturated rings. The van der Waals surface area contributed by atoms with Crippen LogP contribution in [0.1, 0.15) is 26.7 Å². The van der Waals surface area contributed by atoms with Crippen LogP contribution in [0.25, 0.3) is 0 Å². The van der Waals surface area contributed by atoms with Gasteiger partial charge in [-0.15, -0.1) is 0 Å². The summed E-state index contributed by atoms with van der Waals surface area (Å²) >= 11 is 0. The van der Waals surface area contributed by atoms with E-state index in [9.17, 15) is 0 Å². The Hall–Kier alpha value is -0.340. The second-order valence-corrected chi connectivity index (χ2v) is 3.56. The van der Waals surface area contributed by atoms with Crippen LogP contribution in [0.4, 0.5) is 0 Å². The molecule has 0 aromatic rings. The summed E-state index contributed by atoms with van der Waals surface area (Å²) in [5, 5.41) is 3.32. The van der Waals surface area contributed by atoms with Crippen molar-refractivity contribution in [2.75, 3.05) is 19.7 Å². The zero-order valence-electron chi connectivity index (χ0n) is 8.10. The van der Waals surface area contributed by atoms with Crippen LogP contribution in [0.15, 0.2) is 11.6 Å². The Morgan fingerprint density at radius 2 is 2.08 bits per heavy atom. The van der Waals surface area contributed by atoms with Crippen LogP contribution in [0.5, 0.6) is 0 Å². The minimum Gasteiger partial charge on any atom is -0.374 e. The highest BCUT2D eigenvalue weighted by Crippen LogP contribution is 2.07. The van der Waals surface area contributed by atoms with Crippen LogP contribution in [-0.2, 0) is 4.74 Å². The fraction of sp³-hybridized carbons (Fsp3) is 0.800. The zero-order valence-corrected chi connectivity index (χ0v) is 8.10. The summed E-state index contributed by atoms with van der Waals surface area (Å²) in [7, 11) is 0. The van der Waals surface area contributed by atoms with Gasteiger partial charge in [0.2, 0.25) is 0 Å². The van der Waals surface area contributed by atoms with E-state index in [1.54, 1.807) is 0 Å². The second-order valence-electron chi connectivity index (χ2n) is 3.56. The van der Waals surface area contributed by atoms with Gasteiger partial charge >= 0.3 is 0 Å². The van der Waals surface area contributed by atoms with E-state index in [1.165, 1.54) is 5.57 Å². The number of rotatable bonds is 3. The molecule has 0 aromatic carbocycles.